The molecule has 0 aromatic heterocycles. The summed E-state index contributed by atoms with van der Waals surface area (Å²) in [4.78, 5) is 10.9. The molecule has 1 aromatic carbocycles. The lowest BCUT2D eigenvalue weighted by Crippen LogP contribution is -2.16. The van der Waals surface area contributed by atoms with Crippen LogP contribution < -0.4 is 5.32 Å². The Hall–Kier alpha value is -1.61. The maximum absolute atomic E-state index is 10.9. The van der Waals surface area contributed by atoms with Gasteiger partial charge in [-0.3, -0.25) is 4.79 Å². The third-order valence-corrected chi connectivity index (χ3v) is 2.84. The Morgan fingerprint density at radius 3 is 2.79 bits per heavy atom. The molecule has 0 spiro atoms. The van der Waals surface area contributed by atoms with Crippen LogP contribution in [-0.2, 0) is 16.0 Å². The first-order valence-electron chi connectivity index (χ1n) is 6.79. The van der Waals surface area contributed by atoms with Crippen LogP contribution in [-0.4, -0.2) is 26.2 Å². The number of methoxy groups -OCH3 is 1. The number of rotatable bonds is 9. The molecule has 1 aromatic rings. The van der Waals surface area contributed by atoms with Gasteiger partial charge < -0.3 is 10.1 Å². The van der Waals surface area contributed by atoms with Gasteiger partial charge in [-0.2, -0.15) is 0 Å². The van der Waals surface area contributed by atoms with Gasteiger partial charge in [0, 0.05) is 13.0 Å². The molecular formula is C16H23NO2. The average molecular weight is 261 g/mol. The van der Waals surface area contributed by atoms with Gasteiger partial charge in [-0.05, 0) is 31.4 Å². The van der Waals surface area contributed by atoms with Gasteiger partial charge in [0.15, 0.2) is 0 Å². The highest BCUT2D eigenvalue weighted by Crippen LogP contribution is 1.99. The number of ether oxygens (including phenoxy) is 1. The largest absolute Gasteiger partial charge is 0.469 e. The second-order valence-corrected chi connectivity index (χ2v) is 4.38. The van der Waals surface area contributed by atoms with E-state index >= 15 is 0 Å². The molecule has 0 amide bonds. The number of hydrogen-bond donors (Lipinski definition) is 1. The Kier molecular flexibility index (Phi) is 8.39. The predicted octanol–water partition coefficient (Wildman–Crippen LogP) is 2.72. The number of allylic oxidation sites excluding steroid dienone is 1. The molecule has 0 aliphatic carbocycles. The quantitative estimate of drug-likeness (QED) is 0.422. The van der Waals surface area contributed by atoms with Gasteiger partial charge in [0.25, 0.3) is 0 Å². The summed E-state index contributed by atoms with van der Waals surface area (Å²) < 4.78 is 4.58. The zero-order chi connectivity index (χ0) is 13.8. The van der Waals surface area contributed by atoms with Crippen LogP contribution in [0.5, 0.6) is 0 Å². The van der Waals surface area contributed by atoms with Crippen molar-refractivity contribution in [3.05, 3.63) is 48.0 Å². The minimum absolute atomic E-state index is 0.130. The second kappa shape index (κ2) is 10.3. The number of unbranched alkanes of at least 4 members (excludes halogenated alkanes) is 1. The van der Waals surface area contributed by atoms with E-state index in [1.807, 2.05) is 6.07 Å². The average Bonchev–Trinajstić information content (AvgIpc) is 2.46. The second-order valence-electron chi connectivity index (χ2n) is 4.38. The number of nitrogens with one attached hydrogen (secondary N) is 1. The summed E-state index contributed by atoms with van der Waals surface area (Å²) in [6.45, 7) is 1.86. The van der Waals surface area contributed by atoms with Crippen LogP contribution in [0.25, 0.3) is 0 Å². The number of esters is 1. The van der Waals surface area contributed by atoms with Crippen molar-refractivity contribution in [1.82, 2.24) is 5.32 Å². The molecule has 3 heteroatoms. The van der Waals surface area contributed by atoms with Crippen molar-refractivity contribution in [2.45, 2.75) is 25.7 Å². The molecule has 104 valence electrons. The summed E-state index contributed by atoms with van der Waals surface area (Å²) in [6.07, 6.45) is 7.56. The molecular weight excluding hydrogens is 238 g/mol. The van der Waals surface area contributed by atoms with E-state index in [0.29, 0.717) is 6.42 Å². The van der Waals surface area contributed by atoms with E-state index in [1.54, 1.807) is 0 Å². The molecule has 3 nitrogen and oxygen atoms in total. The molecule has 0 atom stereocenters. The molecule has 1 rings (SSSR count). The molecule has 0 saturated heterocycles. The topological polar surface area (TPSA) is 38.3 Å². The van der Waals surface area contributed by atoms with Crippen molar-refractivity contribution in [2.75, 3.05) is 20.2 Å². The summed E-state index contributed by atoms with van der Waals surface area (Å²) in [5, 5.41) is 3.37. The zero-order valence-corrected chi connectivity index (χ0v) is 11.6. The number of hydrogen-bond acceptors (Lipinski definition) is 3. The van der Waals surface area contributed by atoms with Crippen LogP contribution in [0.3, 0.4) is 0 Å². The number of carbonyl (C=O) groups is 1. The van der Waals surface area contributed by atoms with Crippen LogP contribution >= 0.6 is 0 Å². The summed E-state index contributed by atoms with van der Waals surface area (Å²) in [6, 6.07) is 10.5. The summed E-state index contributed by atoms with van der Waals surface area (Å²) in [5.74, 6) is -0.130. The summed E-state index contributed by atoms with van der Waals surface area (Å²) in [5.41, 5.74) is 1.36. The van der Waals surface area contributed by atoms with Gasteiger partial charge in [0.2, 0.25) is 0 Å². The van der Waals surface area contributed by atoms with Gasteiger partial charge in [-0.1, -0.05) is 42.5 Å². The minimum atomic E-state index is -0.130. The van der Waals surface area contributed by atoms with Crippen molar-refractivity contribution >= 4 is 5.97 Å². The van der Waals surface area contributed by atoms with E-state index in [-0.39, 0.29) is 5.97 Å². The summed E-state index contributed by atoms with van der Waals surface area (Å²) >= 11 is 0. The SMILES string of the molecule is COC(=O)CCC/C=C/CNCCc1ccccc1. The van der Waals surface area contributed by atoms with E-state index in [0.717, 1.165) is 32.4 Å². The molecule has 0 heterocycles. The highest BCUT2D eigenvalue weighted by atomic mass is 16.5. The van der Waals surface area contributed by atoms with Crippen molar-refractivity contribution in [3.63, 3.8) is 0 Å². The monoisotopic (exact) mass is 261 g/mol. The predicted molar refractivity (Wildman–Crippen MR) is 78.0 cm³/mol. The Balaban J connectivity index is 1.94. The van der Waals surface area contributed by atoms with Gasteiger partial charge in [0.1, 0.15) is 0 Å². The van der Waals surface area contributed by atoms with E-state index in [9.17, 15) is 4.79 Å². The molecule has 0 saturated carbocycles. The molecule has 0 aliphatic heterocycles. The number of carbonyl (C=O) groups excluding carboxylic acids is 1. The molecule has 0 aliphatic rings. The molecule has 0 unspecified atom stereocenters. The third-order valence-electron chi connectivity index (χ3n) is 2.84. The highest BCUT2D eigenvalue weighted by molar-refractivity contribution is 5.68. The van der Waals surface area contributed by atoms with E-state index in [1.165, 1.54) is 12.7 Å². The van der Waals surface area contributed by atoms with Crippen LogP contribution in [0.2, 0.25) is 0 Å². The fourth-order valence-electron chi connectivity index (χ4n) is 1.73. The van der Waals surface area contributed by atoms with Gasteiger partial charge in [-0.15, -0.1) is 0 Å². The lowest BCUT2D eigenvalue weighted by molar-refractivity contribution is -0.140. The normalized spacial score (nSPS) is 10.8. The van der Waals surface area contributed by atoms with E-state index in [2.05, 4.69) is 46.5 Å². The van der Waals surface area contributed by atoms with Crippen molar-refractivity contribution in [1.29, 1.82) is 0 Å². The molecule has 0 bridgehead atoms. The first-order valence-corrected chi connectivity index (χ1v) is 6.79. The van der Waals surface area contributed by atoms with Gasteiger partial charge in [0.05, 0.1) is 7.11 Å². The van der Waals surface area contributed by atoms with Crippen LogP contribution in [0.1, 0.15) is 24.8 Å². The maximum atomic E-state index is 10.9. The Labute approximate surface area is 115 Å². The Morgan fingerprint density at radius 2 is 2.05 bits per heavy atom. The molecule has 1 N–H and O–H groups in total. The van der Waals surface area contributed by atoms with Gasteiger partial charge in [-0.25, -0.2) is 0 Å². The smallest absolute Gasteiger partial charge is 0.305 e. The van der Waals surface area contributed by atoms with Crippen LogP contribution in [0, 0.1) is 0 Å². The van der Waals surface area contributed by atoms with Gasteiger partial charge >= 0.3 is 5.97 Å². The van der Waals surface area contributed by atoms with Crippen molar-refractivity contribution in [3.8, 4) is 0 Å². The first-order chi connectivity index (χ1) is 9.33. The molecule has 0 radical (unpaired) electrons. The number of benzene rings is 1. The fraction of sp³-hybridized carbons (Fsp3) is 0.438. The van der Waals surface area contributed by atoms with E-state index < -0.39 is 0 Å². The lowest BCUT2D eigenvalue weighted by atomic mass is 10.1. The zero-order valence-electron chi connectivity index (χ0n) is 11.6. The highest BCUT2D eigenvalue weighted by Gasteiger charge is 1.96. The summed E-state index contributed by atoms with van der Waals surface area (Å²) in [7, 11) is 1.43. The van der Waals surface area contributed by atoms with Crippen molar-refractivity contribution < 1.29 is 9.53 Å². The lowest BCUT2D eigenvalue weighted by Gasteiger charge is -2.01. The first kappa shape index (κ1) is 15.4. The van der Waals surface area contributed by atoms with Crippen LogP contribution in [0.15, 0.2) is 42.5 Å². The Morgan fingerprint density at radius 1 is 1.26 bits per heavy atom. The standard InChI is InChI=1S/C16H23NO2/c1-19-16(18)11-7-2-3-8-13-17-14-12-15-9-5-4-6-10-15/h3-6,8-10,17H,2,7,11-14H2,1H3/b8-3+. The minimum Gasteiger partial charge on any atom is -0.469 e. The van der Waals surface area contributed by atoms with Crippen LogP contribution in [0.4, 0.5) is 0 Å². The van der Waals surface area contributed by atoms with Crippen molar-refractivity contribution in [2.24, 2.45) is 0 Å². The van der Waals surface area contributed by atoms with E-state index in [4.69, 9.17) is 0 Å². The third kappa shape index (κ3) is 8.16. The molecule has 0 fully saturated rings. The maximum Gasteiger partial charge on any atom is 0.305 e. The molecule has 19 heavy (non-hydrogen) atoms. The Bertz CT molecular complexity index is 374. The fourth-order valence-corrected chi connectivity index (χ4v) is 1.73.